The average molecular weight is 152 g/mol. The molecule has 1 rings (SSSR count). The molecule has 0 N–H and O–H groups in total. The number of hydrogen-bond acceptors (Lipinski definition) is 2. The van der Waals surface area contributed by atoms with E-state index in [0.717, 1.165) is 11.3 Å². The van der Waals surface area contributed by atoms with Crippen LogP contribution >= 0.6 is 0 Å². The fourth-order valence-electron chi connectivity index (χ4n) is 0.888. The van der Waals surface area contributed by atoms with Crippen LogP contribution in [-0.4, -0.2) is 14.2 Å². The minimum absolute atomic E-state index is 0.657. The predicted molar refractivity (Wildman–Crippen MR) is 43.7 cm³/mol. The van der Waals surface area contributed by atoms with Gasteiger partial charge in [0, 0.05) is 7.11 Å². The summed E-state index contributed by atoms with van der Waals surface area (Å²) < 4.78 is 9.97. The molecule has 11 heavy (non-hydrogen) atoms. The summed E-state index contributed by atoms with van der Waals surface area (Å²) in [4.78, 5) is 0. The van der Waals surface area contributed by atoms with E-state index in [0.29, 0.717) is 6.61 Å². The Bertz CT molecular complexity index is 203. The van der Waals surface area contributed by atoms with E-state index in [9.17, 15) is 0 Å². The van der Waals surface area contributed by atoms with E-state index in [1.165, 1.54) is 0 Å². The van der Waals surface area contributed by atoms with Crippen molar-refractivity contribution in [3.8, 4) is 5.75 Å². The number of methoxy groups -OCH3 is 2. The van der Waals surface area contributed by atoms with Gasteiger partial charge in [-0.2, -0.15) is 0 Å². The molecule has 0 aliphatic rings. The fraction of sp³-hybridized carbons (Fsp3) is 0.333. The Morgan fingerprint density at radius 3 is 2.18 bits per heavy atom. The Morgan fingerprint density at radius 2 is 1.73 bits per heavy atom. The summed E-state index contributed by atoms with van der Waals surface area (Å²) in [5, 5.41) is 0. The van der Waals surface area contributed by atoms with Crippen LogP contribution in [0.4, 0.5) is 0 Å². The second kappa shape index (κ2) is 3.98. The van der Waals surface area contributed by atoms with Gasteiger partial charge < -0.3 is 9.47 Å². The molecule has 0 radical (unpaired) electrons. The summed E-state index contributed by atoms with van der Waals surface area (Å²) in [6, 6.07) is 7.83. The molecule has 2 nitrogen and oxygen atoms in total. The number of benzene rings is 1. The van der Waals surface area contributed by atoms with Crippen LogP contribution in [0, 0.1) is 0 Å². The number of hydrogen-bond donors (Lipinski definition) is 0. The monoisotopic (exact) mass is 152 g/mol. The van der Waals surface area contributed by atoms with E-state index in [1.54, 1.807) is 14.2 Å². The Balaban J connectivity index is 2.66. The van der Waals surface area contributed by atoms with Crippen molar-refractivity contribution in [1.82, 2.24) is 0 Å². The molecule has 0 saturated carbocycles. The van der Waals surface area contributed by atoms with E-state index in [2.05, 4.69) is 0 Å². The Morgan fingerprint density at radius 1 is 1.09 bits per heavy atom. The highest BCUT2D eigenvalue weighted by Crippen LogP contribution is 2.11. The zero-order valence-electron chi connectivity index (χ0n) is 6.83. The summed E-state index contributed by atoms with van der Waals surface area (Å²) in [7, 11) is 3.34. The molecule has 1 aromatic rings. The maximum atomic E-state index is 5.01. The van der Waals surface area contributed by atoms with Gasteiger partial charge in [0.2, 0.25) is 0 Å². The molecule has 2 heteroatoms. The lowest BCUT2D eigenvalue weighted by atomic mass is 10.2. The molecule has 60 valence electrons. The summed E-state index contributed by atoms with van der Waals surface area (Å²) in [5.74, 6) is 0.879. The smallest absolute Gasteiger partial charge is 0.118 e. The van der Waals surface area contributed by atoms with Crippen LogP contribution in [0.25, 0.3) is 0 Å². The van der Waals surface area contributed by atoms with Crippen LogP contribution < -0.4 is 4.74 Å². The Hall–Kier alpha value is -1.02. The first-order chi connectivity index (χ1) is 5.36. The van der Waals surface area contributed by atoms with Gasteiger partial charge in [-0.05, 0) is 17.7 Å². The molecule has 0 aromatic heterocycles. The standard InChI is InChI=1S/C9H12O2/c1-10-7-8-3-5-9(11-2)6-4-8/h3-6H,7H2,1-2H3. The van der Waals surface area contributed by atoms with Crippen molar-refractivity contribution in [3.63, 3.8) is 0 Å². The second-order valence-corrected chi connectivity index (χ2v) is 2.28. The Kier molecular flexibility index (Phi) is 2.93. The molecule has 1 aromatic carbocycles. The summed E-state index contributed by atoms with van der Waals surface area (Å²) in [6.45, 7) is 0.657. The van der Waals surface area contributed by atoms with E-state index < -0.39 is 0 Å². The summed E-state index contributed by atoms with van der Waals surface area (Å²) >= 11 is 0. The highest BCUT2D eigenvalue weighted by Gasteiger charge is 1.91. The predicted octanol–water partition coefficient (Wildman–Crippen LogP) is 1.84. The first kappa shape index (κ1) is 8.08. The zero-order chi connectivity index (χ0) is 8.10. The van der Waals surface area contributed by atoms with Crippen molar-refractivity contribution in [2.75, 3.05) is 14.2 Å². The summed E-state index contributed by atoms with van der Waals surface area (Å²) in [5.41, 5.74) is 1.16. The van der Waals surface area contributed by atoms with Crippen LogP contribution in [0.2, 0.25) is 0 Å². The van der Waals surface area contributed by atoms with Crippen molar-refractivity contribution in [3.05, 3.63) is 29.8 Å². The first-order valence-corrected chi connectivity index (χ1v) is 3.48. The van der Waals surface area contributed by atoms with Gasteiger partial charge in [-0.15, -0.1) is 0 Å². The molecular weight excluding hydrogens is 140 g/mol. The topological polar surface area (TPSA) is 18.5 Å². The highest BCUT2D eigenvalue weighted by atomic mass is 16.5. The Labute approximate surface area is 66.8 Å². The lowest BCUT2D eigenvalue weighted by Crippen LogP contribution is -1.87. The van der Waals surface area contributed by atoms with Crippen LogP contribution in [0.15, 0.2) is 24.3 Å². The van der Waals surface area contributed by atoms with Crippen LogP contribution in [0.3, 0.4) is 0 Å². The third-order valence-electron chi connectivity index (χ3n) is 1.47. The van der Waals surface area contributed by atoms with Gasteiger partial charge in [0.15, 0.2) is 0 Å². The van der Waals surface area contributed by atoms with E-state index in [-0.39, 0.29) is 0 Å². The van der Waals surface area contributed by atoms with Crippen molar-refractivity contribution >= 4 is 0 Å². The normalized spacial score (nSPS) is 9.64. The number of ether oxygens (including phenoxy) is 2. The van der Waals surface area contributed by atoms with Crippen LogP contribution in [0.1, 0.15) is 5.56 Å². The van der Waals surface area contributed by atoms with Crippen molar-refractivity contribution in [2.24, 2.45) is 0 Å². The van der Waals surface area contributed by atoms with Gasteiger partial charge in [-0.3, -0.25) is 0 Å². The molecule has 0 bridgehead atoms. The third kappa shape index (κ3) is 2.24. The van der Waals surface area contributed by atoms with Gasteiger partial charge in [0.05, 0.1) is 13.7 Å². The van der Waals surface area contributed by atoms with Gasteiger partial charge >= 0.3 is 0 Å². The van der Waals surface area contributed by atoms with Gasteiger partial charge in [-0.25, -0.2) is 0 Å². The molecule has 0 aliphatic carbocycles. The molecule has 0 saturated heterocycles. The van der Waals surface area contributed by atoms with E-state index in [4.69, 9.17) is 9.47 Å². The number of rotatable bonds is 3. The van der Waals surface area contributed by atoms with Gasteiger partial charge in [-0.1, -0.05) is 12.1 Å². The maximum Gasteiger partial charge on any atom is 0.118 e. The maximum absolute atomic E-state index is 5.01. The van der Waals surface area contributed by atoms with Gasteiger partial charge in [0.1, 0.15) is 5.75 Å². The lowest BCUT2D eigenvalue weighted by molar-refractivity contribution is 0.185. The minimum Gasteiger partial charge on any atom is -0.497 e. The van der Waals surface area contributed by atoms with E-state index >= 15 is 0 Å². The van der Waals surface area contributed by atoms with Crippen LogP contribution in [0.5, 0.6) is 5.75 Å². The zero-order valence-corrected chi connectivity index (χ0v) is 6.83. The molecule has 0 unspecified atom stereocenters. The van der Waals surface area contributed by atoms with Crippen molar-refractivity contribution in [2.45, 2.75) is 6.61 Å². The highest BCUT2D eigenvalue weighted by molar-refractivity contribution is 5.26. The van der Waals surface area contributed by atoms with Crippen molar-refractivity contribution < 1.29 is 9.47 Å². The molecule has 0 aliphatic heterocycles. The van der Waals surface area contributed by atoms with Crippen molar-refractivity contribution in [1.29, 1.82) is 0 Å². The SMILES string of the molecule is COCc1ccc(OC)cc1. The largest absolute Gasteiger partial charge is 0.497 e. The molecule has 0 amide bonds. The molecule has 0 atom stereocenters. The van der Waals surface area contributed by atoms with Crippen LogP contribution in [-0.2, 0) is 11.3 Å². The minimum atomic E-state index is 0.657. The first-order valence-electron chi connectivity index (χ1n) is 3.48. The molecule has 0 heterocycles. The molecular formula is C9H12O2. The second-order valence-electron chi connectivity index (χ2n) is 2.28. The summed E-state index contributed by atoms with van der Waals surface area (Å²) in [6.07, 6.45) is 0. The molecule has 0 spiro atoms. The third-order valence-corrected chi connectivity index (χ3v) is 1.47. The lowest BCUT2D eigenvalue weighted by Gasteiger charge is -2.01. The van der Waals surface area contributed by atoms with E-state index in [1.807, 2.05) is 24.3 Å². The molecule has 0 fully saturated rings. The van der Waals surface area contributed by atoms with Gasteiger partial charge in [0.25, 0.3) is 0 Å². The fourth-order valence-corrected chi connectivity index (χ4v) is 0.888. The average Bonchev–Trinajstić information content (AvgIpc) is 2.07. The quantitative estimate of drug-likeness (QED) is 0.658.